The summed E-state index contributed by atoms with van der Waals surface area (Å²) in [6.07, 6.45) is 0.570. The third-order valence-corrected chi connectivity index (χ3v) is 4.71. The molecule has 0 fully saturated rings. The summed E-state index contributed by atoms with van der Waals surface area (Å²) in [5.74, 6) is -0.178. The van der Waals surface area contributed by atoms with Crippen LogP contribution in [-0.4, -0.2) is 30.0 Å². The number of para-hydroxylation sites is 1. The van der Waals surface area contributed by atoms with Crippen molar-refractivity contribution in [3.8, 4) is 5.75 Å². The molecular formula is C20H20ClN3O5. The predicted molar refractivity (Wildman–Crippen MR) is 111 cm³/mol. The van der Waals surface area contributed by atoms with E-state index in [1.807, 2.05) is 6.92 Å². The van der Waals surface area contributed by atoms with E-state index in [-0.39, 0.29) is 39.6 Å². The van der Waals surface area contributed by atoms with Gasteiger partial charge in [-0.3, -0.25) is 14.4 Å². The molecule has 3 rings (SSSR count). The number of halogens is 1. The summed E-state index contributed by atoms with van der Waals surface area (Å²) in [4.78, 5) is 37.7. The quantitative estimate of drug-likeness (QED) is 0.399. The normalized spacial score (nSPS) is 12.0. The molecule has 0 unspecified atom stereocenters. The highest BCUT2D eigenvalue weighted by atomic mass is 35.5. The first-order valence-electron chi connectivity index (χ1n) is 8.90. The zero-order valence-corrected chi connectivity index (χ0v) is 16.8. The van der Waals surface area contributed by atoms with Gasteiger partial charge in [-0.15, -0.1) is 0 Å². The van der Waals surface area contributed by atoms with E-state index in [1.54, 1.807) is 32.3 Å². The lowest BCUT2D eigenvalue weighted by atomic mass is 10.1. The Balaban J connectivity index is 1.90. The van der Waals surface area contributed by atoms with Crippen molar-refractivity contribution in [2.45, 2.75) is 19.4 Å². The summed E-state index contributed by atoms with van der Waals surface area (Å²) in [7, 11) is 3.12. The molecule has 2 aromatic carbocycles. The van der Waals surface area contributed by atoms with Crippen molar-refractivity contribution < 1.29 is 14.3 Å². The number of hydrogen-bond donors (Lipinski definition) is 3. The van der Waals surface area contributed by atoms with Crippen LogP contribution in [0.3, 0.4) is 0 Å². The summed E-state index contributed by atoms with van der Waals surface area (Å²) in [5, 5.41) is 16.4. The van der Waals surface area contributed by atoms with Gasteiger partial charge in [0.1, 0.15) is 17.1 Å². The molecule has 0 aliphatic rings. The average molecular weight is 418 g/mol. The molecule has 3 N–H and O–H groups in total. The number of anilines is 3. The summed E-state index contributed by atoms with van der Waals surface area (Å²) in [6, 6.07) is 7.45. The Bertz CT molecular complexity index is 1130. The summed E-state index contributed by atoms with van der Waals surface area (Å²) in [6.45, 7) is 1.88. The molecule has 1 heterocycles. The molecule has 0 bridgehead atoms. The standard InChI is InChI=1S/C20H20ClN3O5/c1-4-11(13-8-9-14(21)29-13)22-15-16(19(27)18(15)26)23-12-7-5-6-10(17(12)25)20(28)24(2)3/h5-9,11,22-23,25H,4H2,1-3H3/t11-/m1/s1. The first-order valence-corrected chi connectivity index (χ1v) is 9.28. The highest BCUT2D eigenvalue weighted by Crippen LogP contribution is 2.33. The lowest BCUT2D eigenvalue weighted by Gasteiger charge is -2.21. The Morgan fingerprint density at radius 2 is 1.86 bits per heavy atom. The fourth-order valence-corrected chi connectivity index (χ4v) is 3.06. The molecule has 0 aliphatic heterocycles. The van der Waals surface area contributed by atoms with Gasteiger partial charge in [0.15, 0.2) is 11.0 Å². The number of phenolic OH excluding ortho intramolecular Hbond substituents is 1. The molecule has 1 amide bonds. The summed E-state index contributed by atoms with van der Waals surface area (Å²) < 4.78 is 5.39. The van der Waals surface area contributed by atoms with E-state index in [1.165, 1.54) is 17.0 Å². The summed E-state index contributed by atoms with van der Waals surface area (Å²) in [5.41, 5.74) is -1.09. The van der Waals surface area contributed by atoms with Gasteiger partial charge in [-0.25, -0.2) is 0 Å². The third-order valence-electron chi connectivity index (χ3n) is 4.51. The zero-order chi connectivity index (χ0) is 21.3. The van der Waals surface area contributed by atoms with Gasteiger partial charge in [0.2, 0.25) is 0 Å². The fraction of sp³-hybridized carbons (Fsp3) is 0.250. The zero-order valence-electron chi connectivity index (χ0n) is 16.1. The number of amides is 1. The Labute approximate surface area is 171 Å². The monoisotopic (exact) mass is 417 g/mol. The molecule has 0 radical (unpaired) electrons. The number of hydrogen-bond acceptors (Lipinski definition) is 7. The van der Waals surface area contributed by atoms with E-state index in [0.29, 0.717) is 12.2 Å². The number of nitrogens with zero attached hydrogens (tertiary/aromatic N) is 1. The molecule has 1 aromatic heterocycles. The maximum Gasteiger partial charge on any atom is 0.257 e. The van der Waals surface area contributed by atoms with Crippen LogP contribution in [0.5, 0.6) is 5.75 Å². The Morgan fingerprint density at radius 3 is 2.45 bits per heavy atom. The molecule has 152 valence electrons. The SMILES string of the molecule is CC[C@@H](Nc1c(Nc2cccc(C(=O)N(C)C)c2O)c(=O)c1=O)c1ccc(Cl)o1. The number of phenols is 1. The second-order valence-corrected chi connectivity index (χ2v) is 7.05. The van der Waals surface area contributed by atoms with Crippen molar-refractivity contribution in [3.63, 3.8) is 0 Å². The van der Waals surface area contributed by atoms with Crippen LogP contribution in [-0.2, 0) is 0 Å². The lowest BCUT2D eigenvalue weighted by molar-refractivity contribution is 0.0824. The van der Waals surface area contributed by atoms with Crippen LogP contribution in [0.1, 0.15) is 35.5 Å². The minimum Gasteiger partial charge on any atom is -0.505 e. The van der Waals surface area contributed by atoms with Gasteiger partial charge < -0.3 is 25.1 Å². The van der Waals surface area contributed by atoms with Gasteiger partial charge in [0, 0.05) is 14.1 Å². The van der Waals surface area contributed by atoms with Gasteiger partial charge in [-0.05, 0) is 42.3 Å². The lowest BCUT2D eigenvalue weighted by Crippen LogP contribution is -2.37. The maximum atomic E-state index is 12.2. The van der Waals surface area contributed by atoms with E-state index in [2.05, 4.69) is 10.6 Å². The first kappa shape index (κ1) is 20.5. The summed E-state index contributed by atoms with van der Waals surface area (Å²) >= 11 is 5.82. The Hall–Kier alpha value is -3.26. The van der Waals surface area contributed by atoms with Crippen LogP contribution < -0.4 is 21.5 Å². The van der Waals surface area contributed by atoms with Crippen molar-refractivity contribution >= 4 is 34.6 Å². The van der Waals surface area contributed by atoms with E-state index in [0.717, 1.165) is 0 Å². The van der Waals surface area contributed by atoms with Crippen molar-refractivity contribution in [1.29, 1.82) is 0 Å². The van der Waals surface area contributed by atoms with Crippen molar-refractivity contribution in [3.05, 3.63) is 67.3 Å². The smallest absolute Gasteiger partial charge is 0.257 e. The number of furan rings is 1. The van der Waals surface area contributed by atoms with Crippen LogP contribution in [0.2, 0.25) is 5.22 Å². The van der Waals surface area contributed by atoms with Crippen molar-refractivity contribution in [1.82, 2.24) is 4.90 Å². The third kappa shape index (κ3) is 3.84. The van der Waals surface area contributed by atoms with Gasteiger partial charge in [0.05, 0.1) is 17.3 Å². The molecule has 0 aliphatic carbocycles. The molecule has 8 nitrogen and oxygen atoms in total. The molecule has 9 heteroatoms. The van der Waals surface area contributed by atoms with Crippen LogP contribution in [0.15, 0.2) is 44.3 Å². The molecule has 0 spiro atoms. The van der Waals surface area contributed by atoms with E-state index in [4.69, 9.17) is 16.0 Å². The number of nitrogens with one attached hydrogen (secondary N) is 2. The van der Waals surface area contributed by atoms with Crippen LogP contribution in [0, 0.1) is 0 Å². The van der Waals surface area contributed by atoms with Gasteiger partial charge in [-0.1, -0.05) is 13.0 Å². The second kappa shape index (κ2) is 8.00. The molecule has 29 heavy (non-hydrogen) atoms. The number of carbonyl (C=O) groups is 1. The highest BCUT2D eigenvalue weighted by Gasteiger charge is 2.26. The molecule has 0 saturated carbocycles. The highest BCUT2D eigenvalue weighted by molar-refractivity contribution is 6.28. The van der Waals surface area contributed by atoms with Crippen LogP contribution >= 0.6 is 11.6 Å². The average Bonchev–Trinajstić information content (AvgIpc) is 3.13. The van der Waals surface area contributed by atoms with Gasteiger partial charge in [-0.2, -0.15) is 0 Å². The molecular weight excluding hydrogens is 398 g/mol. The van der Waals surface area contributed by atoms with E-state index < -0.39 is 16.8 Å². The van der Waals surface area contributed by atoms with E-state index >= 15 is 0 Å². The van der Waals surface area contributed by atoms with Crippen LogP contribution in [0.4, 0.5) is 17.1 Å². The second-order valence-electron chi connectivity index (χ2n) is 6.68. The molecule has 3 aromatic rings. The molecule has 1 atom stereocenters. The van der Waals surface area contributed by atoms with Crippen molar-refractivity contribution in [2.24, 2.45) is 0 Å². The topological polar surface area (TPSA) is 112 Å². The largest absolute Gasteiger partial charge is 0.505 e. The number of aromatic hydroxyl groups is 1. The maximum absolute atomic E-state index is 12.2. The van der Waals surface area contributed by atoms with E-state index in [9.17, 15) is 19.5 Å². The predicted octanol–water partition coefficient (Wildman–Crippen LogP) is 3.24. The van der Waals surface area contributed by atoms with Gasteiger partial charge in [0.25, 0.3) is 16.8 Å². The minimum atomic E-state index is -0.719. The number of rotatable bonds is 7. The molecule has 0 saturated heterocycles. The minimum absolute atomic E-state index is 0.0101. The Kier molecular flexibility index (Phi) is 5.65. The fourth-order valence-electron chi connectivity index (χ4n) is 2.91. The van der Waals surface area contributed by atoms with Crippen molar-refractivity contribution in [2.75, 3.05) is 24.7 Å². The number of benzene rings is 1. The van der Waals surface area contributed by atoms with Gasteiger partial charge >= 0.3 is 0 Å². The Morgan fingerprint density at radius 1 is 1.17 bits per heavy atom. The number of carbonyl (C=O) groups excluding carboxylic acids is 1. The van der Waals surface area contributed by atoms with Crippen LogP contribution in [0.25, 0.3) is 0 Å². The first-order chi connectivity index (χ1) is 13.7.